The summed E-state index contributed by atoms with van der Waals surface area (Å²) < 4.78 is 0. The van der Waals surface area contributed by atoms with Crippen LogP contribution in [0.3, 0.4) is 0 Å². The molecule has 0 bridgehead atoms. The fraction of sp³-hybridized carbons (Fsp3) is 0.800. The third-order valence-electron chi connectivity index (χ3n) is 2.63. The molecule has 0 spiro atoms. The summed E-state index contributed by atoms with van der Waals surface area (Å²) in [5.74, 6) is 0.390. The van der Waals surface area contributed by atoms with Gasteiger partial charge in [-0.3, -0.25) is 0 Å². The van der Waals surface area contributed by atoms with Gasteiger partial charge in [0.2, 0.25) is 0 Å². The van der Waals surface area contributed by atoms with Gasteiger partial charge in [-0.25, -0.2) is 4.79 Å². The molecule has 2 amide bonds. The second kappa shape index (κ2) is 6.19. The number of unbranched alkanes of at least 4 members (excludes halogenated alkanes) is 1. The van der Waals surface area contributed by atoms with Crippen LogP contribution in [0.25, 0.3) is 0 Å². The number of amidine groups is 1. The molecule has 0 aromatic rings. The lowest BCUT2D eigenvalue weighted by Crippen LogP contribution is -2.49. The Balaban J connectivity index is 2.33. The zero-order valence-electron chi connectivity index (χ0n) is 9.57. The highest BCUT2D eigenvalue weighted by molar-refractivity contribution is 5.90. The van der Waals surface area contributed by atoms with Gasteiger partial charge in [-0.15, -0.1) is 0 Å². The first-order valence-electron chi connectivity index (χ1n) is 5.70. The highest BCUT2D eigenvalue weighted by Crippen LogP contribution is 2.32. The zero-order chi connectivity index (χ0) is 12.0. The minimum atomic E-state index is -0.341. The third-order valence-corrected chi connectivity index (χ3v) is 2.63. The number of amides is 2. The topological polar surface area (TPSA) is 99.7 Å². The van der Waals surface area contributed by atoms with Crippen molar-refractivity contribution in [2.45, 2.75) is 38.6 Å². The summed E-state index contributed by atoms with van der Waals surface area (Å²) in [7, 11) is 0. The van der Waals surface area contributed by atoms with Gasteiger partial charge in [-0.2, -0.15) is 0 Å². The van der Waals surface area contributed by atoms with E-state index in [1.165, 1.54) is 0 Å². The normalized spacial score (nSPS) is 17.9. The molecular weight excluding hydrogens is 208 g/mol. The predicted octanol–water partition coefficient (Wildman–Crippen LogP) is 0.611. The summed E-state index contributed by atoms with van der Waals surface area (Å²) in [4.78, 5) is 11.5. The standard InChI is InChI=1S/C10H20N4O2/c1-2-3-6-12-10(15)13-8(7-4-5-7)9(11)14-16/h7-8,16H,2-6H2,1H3,(H2,11,14)(H2,12,13,15). The molecule has 6 nitrogen and oxygen atoms in total. The minimum absolute atomic E-state index is 0.0770. The van der Waals surface area contributed by atoms with Gasteiger partial charge in [0.1, 0.15) is 0 Å². The van der Waals surface area contributed by atoms with Gasteiger partial charge in [0.05, 0.1) is 6.04 Å². The molecule has 5 N–H and O–H groups in total. The van der Waals surface area contributed by atoms with Crippen LogP contribution in [0.15, 0.2) is 5.16 Å². The molecule has 0 radical (unpaired) electrons. The van der Waals surface area contributed by atoms with Gasteiger partial charge in [0.25, 0.3) is 0 Å². The van der Waals surface area contributed by atoms with Gasteiger partial charge in [-0.05, 0) is 25.2 Å². The molecule has 1 rings (SSSR count). The van der Waals surface area contributed by atoms with E-state index in [1.54, 1.807) is 0 Å². The first-order chi connectivity index (χ1) is 7.69. The van der Waals surface area contributed by atoms with Crippen LogP contribution in [0.5, 0.6) is 0 Å². The lowest BCUT2D eigenvalue weighted by molar-refractivity contribution is 0.238. The molecular formula is C10H20N4O2. The summed E-state index contributed by atoms with van der Waals surface area (Å²) in [6.45, 7) is 2.71. The van der Waals surface area contributed by atoms with Crippen LogP contribution in [0.1, 0.15) is 32.6 Å². The average Bonchev–Trinajstić information content (AvgIpc) is 3.09. The van der Waals surface area contributed by atoms with E-state index in [1.807, 2.05) is 0 Å². The highest BCUT2D eigenvalue weighted by atomic mass is 16.4. The molecule has 0 heterocycles. The van der Waals surface area contributed by atoms with E-state index in [0.29, 0.717) is 12.5 Å². The summed E-state index contributed by atoms with van der Waals surface area (Å²) >= 11 is 0. The molecule has 16 heavy (non-hydrogen) atoms. The first kappa shape index (κ1) is 12.6. The van der Waals surface area contributed by atoms with Crippen molar-refractivity contribution in [3.63, 3.8) is 0 Å². The summed E-state index contributed by atoms with van der Waals surface area (Å²) in [6, 6.07) is -0.594. The molecule has 0 aromatic heterocycles. The van der Waals surface area contributed by atoms with Crippen LogP contribution in [-0.4, -0.2) is 29.7 Å². The number of hydrogen-bond donors (Lipinski definition) is 4. The Hall–Kier alpha value is -1.46. The van der Waals surface area contributed by atoms with E-state index in [0.717, 1.165) is 25.7 Å². The van der Waals surface area contributed by atoms with Crippen molar-refractivity contribution < 1.29 is 10.0 Å². The molecule has 1 fully saturated rings. The van der Waals surface area contributed by atoms with E-state index in [9.17, 15) is 4.79 Å². The maximum absolute atomic E-state index is 11.5. The number of urea groups is 1. The average molecular weight is 228 g/mol. The molecule has 0 aliphatic heterocycles. The van der Waals surface area contributed by atoms with Gasteiger partial charge < -0.3 is 21.6 Å². The Kier molecular flexibility index (Phi) is 4.88. The van der Waals surface area contributed by atoms with Gasteiger partial charge in [-0.1, -0.05) is 18.5 Å². The molecule has 92 valence electrons. The van der Waals surface area contributed by atoms with Gasteiger partial charge >= 0.3 is 6.03 Å². The third kappa shape index (κ3) is 3.96. The molecule has 6 heteroatoms. The van der Waals surface area contributed by atoms with Crippen molar-refractivity contribution in [2.24, 2.45) is 16.8 Å². The second-order valence-corrected chi connectivity index (χ2v) is 4.09. The summed E-state index contributed by atoms with van der Waals surface area (Å²) in [5.41, 5.74) is 5.52. The minimum Gasteiger partial charge on any atom is -0.409 e. The van der Waals surface area contributed by atoms with E-state index in [4.69, 9.17) is 10.9 Å². The van der Waals surface area contributed by atoms with Crippen molar-refractivity contribution >= 4 is 11.9 Å². The van der Waals surface area contributed by atoms with Crippen molar-refractivity contribution in [1.29, 1.82) is 0 Å². The Labute approximate surface area is 95.3 Å². The van der Waals surface area contributed by atoms with E-state index in [2.05, 4.69) is 22.7 Å². The largest absolute Gasteiger partial charge is 0.409 e. The molecule has 1 unspecified atom stereocenters. The molecule has 1 aliphatic carbocycles. The summed E-state index contributed by atoms with van der Waals surface area (Å²) in [5, 5.41) is 17.0. The number of nitrogens with zero attached hydrogens (tertiary/aromatic N) is 1. The van der Waals surface area contributed by atoms with E-state index in [-0.39, 0.29) is 17.9 Å². The van der Waals surface area contributed by atoms with Crippen LogP contribution < -0.4 is 16.4 Å². The maximum Gasteiger partial charge on any atom is 0.315 e. The second-order valence-electron chi connectivity index (χ2n) is 4.09. The SMILES string of the molecule is CCCCNC(=O)NC(C(N)=NO)C1CC1. The maximum atomic E-state index is 11.5. The smallest absolute Gasteiger partial charge is 0.315 e. The molecule has 1 atom stereocenters. The van der Waals surface area contributed by atoms with Crippen LogP contribution in [0.2, 0.25) is 0 Å². The number of carbonyl (C=O) groups excluding carboxylic acids is 1. The van der Waals surface area contributed by atoms with Crippen LogP contribution in [-0.2, 0) is 0 Å². The number of carbonyl (C=O) groups is 1. The molecule has 0 saturated heterocycles. The summed E-state index contributed by atoms with van der Waals surface area (Å²) in [6.07, 6.45) is 4.00. The molecule has 1 aliphatic rings. The number of rotatable bonds is 6. The lowest BCUT2D eigenvalue weighted by Gasteiger charge is -2.16. The van der Waals surface area contributed by atoms with Crippen molar-refractivity contribution in [3.05, 3.63) is 0 Å². The Morgan fingerprint density at radius 3 is 2.81 bits per heavy atom. The number of nitrogens with two attached hydrogens (primary N) is 1. The van der Waals surface area contributed by atoms with Gasteiger partial charge in [0, 0.05) is 6.54 Å². The van der Waals surface area contributed by atoms with Crippen molar-refractivity contribution in [3.8, 4) is 0 Å². The zero-order valence-corrected chi connectivity index (χ0v) is 9.57. The monoisotopic (exact) mass is 228 g/mol. The lowest BCUT2D eigenvalue weighted by atomic mass is 10.2. The fourth-order valence-electron chi connectivity index (χ4n) is 1.50. The number of hydrogen-bond acceptors (Lipinski definition) is 3. The number of oxime groups is 1. The Morgan fingerprint density at radius 2 is 2.31 bits per heavy atom. The highest BCUT2D eigenvalue weighted by Gasteiger charge is 2.35. The predicted molar refractivity (Wildman–Crippen MR) is 61.4 cm³/mol. The van der Waals surface area contributed by atoms with Crippen LogP contribution in [0.4, 0.5) is 4.79 Å². The quantitative estimate of drug-likeness (QED) is 0.176. The van der Waals surface area contributed by atoms with E-state index < -0.39 is 0 Å². The fourth-order valence-corrected chi connectivity index (χ4v) is 1.50. The Bertz CT molecular complexity index is 264. The van der Waals surface area contributed by atoms with Crippen LogP contribution in [0, 0.1) is 5.92 Å². The van der Waals surface area contributed by atoms with E-state index >= 15 is 0 Å². The molecule has 1 saturated carbocycles. The van der Waals surface area contributed by atoms with Gasteiger partial charge in [0.15, 0.2) is 5.84 Å². The van der Waals surface area contributed by atoms with Crippen molar-refractivity contribution in [1.82, 2.24) is 10.6 Å². The first-order valence-corrected chi connectivity index (χ1v) is 5.70. The molecule has 0 aromatic carbocycles. The number of nitrogens with one attached hydrogen (secondary N) is 2. The Morgan fingerprint density at radius 1 is 1.62 bits per heavy atom. The van der Waals surface area contributed by atoms with Crippen LogP contribution >= 0.6 is 0 Å². The van der Waals surface area contributed by atoms with Crippen molar-refractivity contribution in [2.75, 3.05) is 6.54 Å².